The normalized spacial score (nSPS) is 18.9. The molecular weight excluding hydrogens is 521 g/mol. The van der Waals surface area contributed by atoms with E-state index in [0.29, 0.717) is 25.0 Å². The first-order chi connectivity index (χ1) is 15.5. The third kappa shape index (κ3) is 6.37. The van der Waals surface area contributed by atoms with Crippen LogP contribution < -0.4 is 5.32 Å². The van der Waals surface area contributed by atoms with E-state index in [2.05, 4.69) is 28.6 Å². The number of rotatable bonds is 5. The van der Waals surface area contributed by atoms with Crippen LogP contribution in [0, 0.1) is 23.4 Å². The van der Waals surface area contributed by atoms with Crippen molar-refractivity contribution in [2.45, 2.75) is 30.8 Å². The van der Waals surface area contributed by atoms with Gasteiger partial charge in [-0.25, -0.2) is 21.6 Å². The van der Waals surface area contributed by atoms with Gasteiger partial charge >= 0.3 is 0 Å². The van der Waals surface area contributed by atoms with Gasteiger partial charge in [0.05, 0.1) is 21.6 Å². The van der Waals surface area contributed by atoms with Crippen LogP contribution in [0.15, 0.2) is 35.2 Å². The van der Waals surface area contributed by atoms with Crippen molar-refractivity contribution in [2.75, 3.05) is 18.4 Å². The molecule has 0 saturated carbocycles. The van der Waals surface area contributed by atoms with Crippen molar-refractivity contribution >= 4 is 56.5 Å². The van der Waals surface area contributed by atoms with E-state index >= 15 is 0 Å². The number of halogens is 4. The molecule has 1 aliphatic rings. The molecule has 182 valence electrons. The zero-order valence-corrected chi connectivity index (χ0v) is 20.7. The standard InChI is InChI=1S/C20H20ClF3N2O4S.H2S2/c1-2-11-10-26(6-5-18(11)27)31(29,30)13-3-4-15(21)14(9-13)20(28)25-12-7-16(22)19(24)17(23)8-12;1-2/h3-4,7-9,11,18,27H,2,5-6,10H2,1H3,(H,25,28);1-2H. The minimum atomic E-state index is -3.98. The molecule has 2 aromatic rings. The fraction of sp³-hybridized carbons (Fsp3) is 0.350. The minimum absolute atomic E-state index is 0.0833. The van der Waals surface area contributed by atoms with Gasteiger partial charge in [0.25, 0.3) is 5.91 Å². The maximum Gasteiger partial charge on any atom is 0.257 e. The number of hydrogen-bond acceptors (Lipinski definition) is 6. The van der Waals surface area contributed by atoms with E-state index in [4.69, 9.17) is 11.6 Å². The average molecular weight is 543 g/mol. The van der Waals surface area contributed by atoms with Gasteiger partial charge in [-0.05, 0) is 37.0 Å². The number of nitrogens with one attached hydrogen (secondary N) is 1. The van der Waals surface area contributed by atoms with Crippen molar-refractivity contribution < 1.29 is 31.5 Å². The quantitative estimate of drug-likeness (QED) is 0.254. The molecule has 3 rings (SSSR count). The van der Waals surface area contributed by atoms with Gasteiger partial charge in [0.15, 0.2) is 17.5 Å². The van der Waals surface area contributed by atoms with Crippen molar-refractivity contribution in [1.29, 1.82) is 0 Å². The smallest absolute Gasteiger partial charge is 0.257 e. The lowest BCUT2D eigenvalue weighted by atomic mass is 9.94. The van der Waals surface area contributed by atoms with Crippen LogP contribution in [0.1, 0.15) is 30.1 Å². The second-order valence-corrected chi connectivity index (χ2v) is 9.58. The summed E-state index contributed by atoms with van der Waals surface area (Å²) in [5, 5.41) is 12.1. The number of carbonyl (C=O) groups excluding carboxylic acids is 1. The Morgan fingerprint density at radius 1 is 1.21 bits per heavy atom. The third-order valence-electron chi connectivity index (χ3n) is 5.24. The molecule has 0 aliphatic carbocycles. The van der Waals surface area contributed by atoms with Gasteiger partial charge in [0.2, 0.25) is 10.0 Å². The molecule has 1 heterocycles. The van der Waals surface area contributed by atoms with Crippen LogP contribution in [0.3, 0.4) is 0 Å². The second-order valence-electron chi connectivity index (χ2n) is 7.24. The first kappa shape index (κ1) is 27.8. The van der Waals surface area contributed by atoms with Crippen molar-refractivity contribution in [3.05, 3.63) is 58.4 Å². The fourth-order valence-electron chi connectivity index (χ4n) is 3.42. The van der Waals surface area contributed by atoms with Gasteiger partial charge in [0.1, 0.15) is 0 Å². The summed E-state index contributed by atoms with van der Waals surface area (Å²) in [6.07, 6.45) is 0.312. The number of hydrogen-bond donors (Lipinski definition) is 4. The minimum Gasteiger partial charge on any atom is -0.393 e. The molecule has 13 heteroatoms. The Morgan fingerprint density at radius 2 is 1.82 bits per heavy atom. The zero-order chi connectivity index (χ0) is 24.9. The van der Waals surface area contributed by atoms with Gasteiger partial charge in [-0.3, -0.25) is 4.79 Å². The van der Waals surface area contributed by atoms with E-state index in [-0.39, 0.29) is 40.2 Å². The van der Waals surface area contributed by atoms with E-state index in [9.17, 15) is 31.5 Å². The zero-order valence-electron chi connectivity index (χ0n) is 17.3. The molecule has 2 atom stereocenters. The SMILES string of the molecule is CCC1CN(S(=O)(=O)c2ccc(Cl)c(C(=O)Nc3cc(F)c(F)c(F)c3)c2)CCC1O.SS. The Labute approximate surface area is 205 Å². The Kier molecular flexibility index (Phi) is 9.95. The van der Waals surface area contributed by atoms with Gasteiger partial charge in [0, 0.05) is 30.9 Å². The molecule has 0 spiro atoms. The van der Waals surface area contributed by atoms with Gasteiger partial charge < -0.3 is 10.4 Å². The van der Waals surface area contributed by atoms with Crippen molar-refractivity contribution in [3.8, 4) is 0 Å². The molecule has 1 saturated heterocycles. The Morgan fingerprint density at radius 3 is 2.39 bits per heavy atom. The number of sulfonamides is 1. The van der Waals surface area contributed by atoms with Crippen molar-refractivity contribution in [2.24, 2.45) is 5.92 Å². The summed E-state index contributed by atoms with van der Waals surface area (Å²) in [5.41, 5.74) is -0.599. The molecule has 0 aromatic heterocycles. The summed E-state index contributed by atoms with van der Waals surface area (Å²) >= 11 is 12.5. The predicted molar refractivity (Wildman–Crippen MR) is 127 cm³/mol. The second kappa shape index (κ2) is 11.8. The summed E-state index contributed by atoms with van der Waals surface area (Å²) in [6, 6.07) is 4.72. The van der Waals surface area contributed by atoms with Crippen LogP contribution in [-0.2, 0) is 10.0 Å². The first-order valence-electron chi connectivity index (χ1n) is 9.68. The highest BCUT2D eigenvalue weighted by Crippen LogP contribution is 2.28. The van der Waals surface area contributed by atoms with Crippen LogP contribution in [0.2, 0.25) is 5.02 Å². The molecule has 33 heavy (non-hydrogen) atoms. The Bertz CT molecular complexity index is 1100. The molecule has 2 unspecified atom stereocenters. The van der Waals surface area contributed by atoms with Gasteiger partial charge in [-0.15, -0.1) is 23.3 Å². The lowest BCUT2D eigenvalue weighted by molar-refractivity contribution is 0.0521. The number of aliphatic hydroxyl groups excluding tert-OH is 1. The maximum atomic E-state index is 13.4. The Balaban J connectivity index is 0.00000187. The van der Waals surface area contributed by atoms with Crippen LogP contribution in [-0.4, -0.2) is 42.9 Å². The number of piperidine rings is 1. The molecular formula is C20H22ClF3N2O4S3. The summed E-state index contributed by atoms with van der Waals surface area (Å²) in [5.74, 6) is -5.79. The number of aliphatic hydroxyl groups is 1. The van der Waals surface area contributed by atoms with Crippen LogP contribution in [0.25, 0.3) is 0 Å². The Hall–Kier alpha value is -1.44. The molecule has 0 bridgehead atoms. The molecule has 1 amide bonds. The molecule has 1 aliphatic heterocycles. The van der Waals surface area contributed by atoms with E-state index in [1.54, 1.807) is 0 Å². The molecule has 6 nitrogen and oxygen atoms in total. The molecule has 2 N–H and O–H groups in total. The lowest BCUT2D eigenvalue weighted by Crippen LogP contribution is -2.45. The van der Waals surface area contributed by atoms with Crippen LogP contribution >= 0.6 is 34.9 Å². The number of anilines is 1. The number of thiol groups is 2. The first-order valence-corrected chi connectivity index (χ1v) is 13.1. The lowest BCUT2D eigenvalue weighted by Gasteiger charge is -2.35. The van der Waals surface area contributed by atoms with Crippen LogP contribution in [0.5, 0.6) is 0 Å². The fourth-order valence-corrected chi connectivity index (χ4v) is 5.16. The highest BCUT2D eigenvalue weighted by molar-refractivity contribution is 8.59. The van der Waals surface area contributed by atoms with Crippen molar-refractivity contribution in [1.82, 2.24) is 4.31 Å². The molecule has 1 fully saturated rings. The highest BCUT2D eigenvalue weighted by Gasteiger charge is 2.34. The monoisotopic (exact) mass is 542 g/mol. The molecule has 0 radical (unpaired) electrons. The van der Waals surface area contributed by atoms with E-state index < -0.39 is 39.5 Å². The topological polar surface area (TPSA) is 86.7 Å². The van der Waals surface area contributed by atoms with E-state index in [0.717, 1.165) is 6.07 Å². The maximum absolute atomic E-state index is 13.4. The van der Waals surface area contributed by atoms with E-state index in [1.165, 1.54) is 16.4 Å². The predicted octanol–water partition coefficient (Wildman–Crippen LogP) is 4.55. The average Bonchev–Trinajstić information content (AvgIpc) is 2.79. The van der Waals surface area contributed by atoms with Crippen molar-refractivity contribution in [3.63, 3.8) is 0 Å². The number of amides is 1. The summed E-state index contributed by atoms with van der Waals surface area (Å²) in [6.45, 7) is 2.12. The summed E-state index contributed by atoms with van der Waals surface area (Å²) in [4.78, 5) is 12.4. The van der Waals surface area contributed by atoms with Crippen LogP contribution in [0.4, 0.5) is 18.9 Å². The summed E-state index contributed by atoms with van der Waals surface area (Å²) in [7, 11) is -3.98. The van der Waals surface area contributed by atoms with Gasteiger partial charge in [-0.1, -0.05) is 18.5 Å². The largest absolute Gasteiger partial charge is 0.393 e. The number of carbonyl (C=O) groups is 1. The number of benzene rings is 2. The van der Waals surface area contributed by atoms with E-state index in [1.807, 2.05) is 6.92 Å². The highest BCUT2D eigenvalue weighted by atomic mass is 35.5. The number of nitrogens with zero attached hydrogens (tertiary/aromatic N) is 1. The van der Waals surface area contributed by atoms with Gasteiger partial charge in [-0.2, -0.15) is 4.31 Å². The molecule has 2 aromatic carbocycles. The summed E-state index contributed by atoms with van der Waals surface area (Å²) < 4.78 is 67.2. The third-order valence-corrected chi connectivity index (χ3v) is 7.43.